The molecule has 0 spiro atoms. The van der Waals surface area contributed by atoms with Gasteiger partial charge in [0.15, 0.2) is 11.4 Å². The molecular formula is C12H14FNO. The minimum Gasteiger partial charge on any atom is -0.456 e. The van der Waals surface area contributed by atoms with Gasteiger partial charge in [0.2, 0.25) is 0 Å². The van der Waals surface area contributed by atoms with Gasteiger partial charge in [-0.25, -0.2) is 4.39 Å². The average Bonchev–Trinajstić information content (AvgIpc) is 2.55. The van der Waals surface area contributed by atoms with Crippen LogP contribution < -0.4 is 5.32 Å². The number of hydrogen-bond donors (Lipinski definition) is 1. The first-order valence-corrected chi connectivity index (χ1v) is 5.11. The van der Waals surface area contributed by atoms with Crippen molar-refractivity contribution in [1.29, 1.82) is 0 Å². The molecule has 80 valence electrons. The van der Waals surface area contributed by atoms with Gasteiger partial charge in [-0.15, -0.1) is 0 Å². The first-order chi connectivity index (χ1) is 7.24. The van der Waals surface area contributed by atoms with E-state index in [0.29, 0.717) is 12.1 Å². The third-order valence-electron chi connectivity index (χ3n) is 2.55. The molecule has 0 fully saturated rings. The monoisotopic (exact) mass is 207 g/mol. The molecule has 2 aromatic rings. The Morgan fingerprint density at radius 1 is 1.40 bits per heavy atom. The van der Waals surface area contributed by atoms with Crippen molar-refractivity contribution >= 4 is 11.0 Å². The van der Waals surface area contributed by atoms with E-state index in [4.69, 9.17) is 4.42 Å². The fourth-order valence-corrected chi connectivity index (χ4v) is 1.67. The zero-order chi connectivity index (χ0) is 10.8. The summed E-state index contributed by atoms with van der Waals surface area (Å²) in [5.41, 5.74) is 1.38. The predicted molar refractivity (Wildman–Crippen MR) is 58.3 cm³/mol. The van der Waals surface area contributed by atoms with Crippen LogP contribution in [0.15, 0.2) is 22.6 Å². The third kappa shape index (κ3) is 1.75. The second-order valence-corrected chi connectivity index (χ2v) is 3.55. The second-order valence-electron chi connectivity index (χ2n) is 3.55. The number of hydrogen-bond acceptors (Lipinski definition) is 2. The summed E-state index contributed by atoms with van der Waals surface area (Å²) < 4.78 is 18.9. The van der Waals surface area contributed by atoms with E-state index in [1.807, 2.05) is 19.9 Å². The molecule has 2 rings (SSSR count). The van der Waals surface area contributed by atoms with E-state index in [9.17, 15) is 4.39 Å². The number of aryl methyl sites for hydroxylation is 1. The summed E-state index contributed by atoms with van der Waals surface area (Å²) in [7, 11) is 0. The Hall–Kier alpha value is -1.35. The van der Waals surface area contributed by atoms with Crippen LogP contribution in [0.3, 0.4) is 0 Å². The third-order valence-corrected chi connectivity index (χ3v) is 2.55. The normalized spacial score (nSPS) is 11.1. The molecule has 2 nitrogen and oxygen atoms in total. The van der Waals surface area contributed by atoms with Gasteiger partial charge in [0.1, 0.15) is 5.76 Å². The summed E-state index contributed by atoms with van der Waals surface area (Å²) in [6, 6.07) is 5.01. The van der Waals surface area contributed by atoms with Crippen LogP contribution in [0, 0.1) is 12.7 Å². The van der Waals surface area contributed by atoms with Crippen LogP contribution in [0.5, 0.6) is 0 Å². The molecule has 1 aromatic heterocycles. The summed E-state index contributed by atoms with van der Waals surface area (Å²) in [4.78, 5) is 0. The Morgan fingerprint density at radius 3 is 2.87 bits per heavy atom. The molecule has 0 amide bonds. The Labute approximate surface area is 88.1 Å². The molecule has 0 unspecified atom stereocenters. The SMILES string of the molecule is CCNCc1oc2c(F)cccc2c1C. The average molecular weight is 207 g/mol. The highest BCUT2D eigenvalue weighted by Crippen LogP contribution is 2.26. The molecule has 1 heterocycles. The first-order valence-electron chi connectivity index (χ1n) is 5.11. The molecule has 1 aromatic carbocycles. The van der Waals surface area contributed by atoms with Crippen molar-refractivity contribution in [3.8, 4) is 0 Å². The Balaban J connectivity index is 2.49. The molecule has 0 saturated carbocycles. The van der Waals surface area contributed by atoms with Gasteiger partial charge in [-0.05, 0) is 25.1 Å². The van der Waals surface area contributed by atoms with E-state index >= 15 is 0 Å². The van der Waals surface area contributed by atoms with Gasteiger partial charge in [-0.3, -0.25) is 0 Å². The van der Waals surface area contributed by atoms with Gasteiger partial charge in [0.05, 0.1) is 6.54 Å². The quantitative estimate of drug-likeness (QED) is 0.837. The summed E-state index contributed by atoms with van der Waals surface area (Å²) in [6.07, 6.45) is 0. The van der Waals surface area contributed by atoms with Crippen LogP contribution in [0.2, 0.25) is 0 Å². The van der Waals surface area contributed by atoms with Gasteiger partial charge in [0.25, 0.3) is 0 Å². The molecule has 0 aliphatic carbocycles. The van der Waals surface area contributed by atoms with Crippen molar-refractivity contribution in [1.82, 2.24) is 5.32 Å². The van der Waals surface area contributed by atoms with Crippen molar-refractivity contribution in [3.05, 3.63) is 35.3 Å². The highest BCUT2D eigenvalue weighted by Gasteiger charge is 2.12. The predicted octanol–water partition coefficient (Wildman–Crippen LogP) is 2.99. The highest BCUT2D eigenvalue weighted by atomic mass is 19.1. The standard InChI is InChI=1S/C12H14FNO/c1-3-14-7-11-8(2)9-5-4-6-10(13)12(9)15-11/h4-6,14H,3,7H2,1-2H3. The van der Waals surface area contributed by atoms with Gasteiger partial charge >= 0.3 is 0 Å². The molecular weight excluding hydrogens is 193 g/mol. The Kier molecular flexibility index (Phi) is 2.73. The molecule has 15 heavy (non-hydrogen) atoms. The lowest BCUT2D eigenvalue weighted by atomic mass is 10.1. The van der Waals surface area contributed by atoms with Crippen molar-refractivity contribution < 1.29 is 8.81 Å². The molecule has 1 N–H and O–H groups in total. The minimum atomic E-state index is -0.293. The van der Waals surface area contributed by atoms with E-state index in [1.165, 1.54) is 6.07 Å². The Morgan fingerprint density at radius 2 is 2.20 bits per heavy atom. The fourth-order valence-electron chi connectivity index (χ4n) is 1.67. The number of nitrogens with one attached hydrogen (secondary N) is 1. The van der Waals surface area contributed by atoms with Crippen LogP contribution in [-0.4, -0.2) is 6.54 Å². The number of rotatable bonds is 3. The molecule has 0 aliphatic rings. The van der Waals surface area contributed by atoms with Crippen molar-refractivity contribution in [3.63, 3.8) is 0 Å². The number of benzene rings is 1. The molecule has 0 bridgehead atoms. The van der Waals surface area contributed by atoms with Crippen LogP contribution in [-0.2, 0) is 6.54 Å². The summed E-state index contributed by atoms with van der Waals surface area (Å²) in [5, 5.41) is 4.03. The smallest absolute Gasteiger partial charge is 0.170 e. The zero-order valence-electron chi connectivity index (χ0n) is 8.93. The maximum Gasteiger partial charge on any atom is 0.170 e. The molecule has 0 radical (unpaired) electrons. The first kappa shape index (κ1) is 10.2. The number of furan rings is 1. The summed E-state index contributed by atoms with van der Waals surface area (Å²) >= 11 is 0. The maximum atomic E-state index is 13.4. The minimum absolute atomic E-state index is 0.293. The number of halogens is 1. The van der Waals surface area contributed by atoms with Crippen molar-refractivity contribution in [2.75, 3.05) is 6.54 Å². The molecule has 0 atom stereocenters. The lowest BCUT2D eigenvalue weighted by molar-refractivity contribution is 0.497. The number of para-hydroxylation sites is 1. The van der Waals surface area contributed by atoms with Crippen LogP contribution >= 0.6 is 0 Å². The molecule has 0 saturated heterocycles. The molecule has 0 aliphatic heterocycles. The van der Waals surface area contributed by atoms with Crippen LogP contribution in [0.4, 0.5) is 4.39 Å². The fraction of sp³-hybridized carbons (Fsp3) is 0.333. The van der Waals surface area contributed by atoms with E-state index in [2.05, 4.69) is 5.32 Å². The van der Waals surface area contributed by atoms with Gasteiger partial charge in [-0.1, -0.05) is 19.1 Å². The van der Waals surface area contributed by atoms with Crippen LogP contribution in [0.25, 0.3) is 11.0 Å². The summed E-state index contributed by atoms with van der Waals surface area (Å²) in [6.45, 7) is 5.51. The largest absolute Gasteiger partial charge is 0.456 e. The van der Waals surface area contributed by atoms with E-state index in [0.717, 1.165) is 23.3 Å². The zero-order valence-corrected chi connectivity index (χ0v) is 8.93. The van der Waals surface area contributed by atoms with Gasteiger partial charge in [0, 0.05) is 5.39 Å². The van der Waals surface area contributed by atoms with E-state index in [-0.39, 0.29) is 5.82 Å². The topological polar surface area (TPSA) is 25.2 Å². The van der Waals surface area contributed by atoms with Crippen molar-refractivity contribution in [2.45, 2.75) is 20.4 Å². The lowest BCUT2D eigenvalue weighted by Gasteiger charge is -1.97. The molecule has 3 heteroatoms. The van der Waals surface area contributed by atoms with Crippen LogP contribution in [0.1, 0.15) is 18.2 Å². The second kappa shape index (κ2) is 4.03. The summed E-state index contributed by atoms with van der Waals surface area (Å²) in [5.74, 6) is 0.523. The maximum absolute atomic E-state index is 13.4. The van der Waals surface area contributed by atoms with E-state index in [1.54, 1.807) is 6.07 Å². The number of fused-ring (bicyclic) bond motifs is 1. The van der Waals surface area contributed by atoms with E-state index < -0.39 is 0 Å². The lowest BCUT2D eigenvalue weighted by Crippen LogP contribution is -2.11. The van der Waals surface area contributed by atoms with Crippen molar-refractivity contribution in [2.24, 2.45) is 0 Å². The Bertz CT molecular complexity index is 476. The highest BCUT2D eigenvalue weighted by molar-refractivity contribution is 5.82. The van der Waals surface area contributed by atoms with Gasteiger partial charge in [-0.2, -0.15) is 0 Å². The van der Waals surface area contributed by atoms with Gasteiger partial charge < -0.3 is 9.73 Å².